The summed E-state index contributed by atoms with van der Waals surface area (Å²) in [5.74, 6) is -0.398. The van der Waals surface area contributed by atoms with Gasteiger partial charge in [-0.15, -0.1) is 0 Å². The zero-order chi connectivity index (χ0) is 16.2. The van der Waals surface area contributed by atoms with Gasteiger partial charge >= 0.3 is 12.1 Å². The van der Waals surface area contributed by atoms with Crippen LogP contribution in [0.4, 0.5) is 4.79 Å². The quantitative estimate of drug-likeness (QED) is 0.413. The van der Waals surface area contributed by atoms with Crippen molar-refractivity contribution in [3.63, 3.8) is 0 Å². The number of benzene rings is 1. The molecule has 0 aliphatic heterocycles. The number of rotatable bonds is 9. The molecule has 22 heavy (non-hydrogen) atoms. The molecule has 0 aromatic heterocycles. The lowest BCUT2D eigenvalue weighted by atomic mass is 10.1. The predicted octanol–water partition coefficient (Wildman–Crippen LogP) is 2.37. The standard InChI is InChI=1S/C15H21ClN2O4/c1-21-14(19)13(18-16)9-5-6-10-17-15(20)22-11-12-7-3-2-4-8-12/h2-4,7-8,13,18H,5-6,9-11H2,1H3,(H,17,20)/t13-/m0/s1. The summed E-state index contributed by atoms with van der Waals surface area (Å²) < 4.78 is 9.67. The van der Waals surface area contributed by atoms with E-state index in [-0.39, 0.29) is 6.61 Å². The lowest BCUT2D eigenvalue weighted by Gasteiger charge is -2.12. The lowest BCUT2D eigenvalue weighted by Crippen LogP contribution is -2.32. The minimum atomic E-state index is -0.531. The molecular formula is C15H21ClN2O4. The summed E-state index contributed by atoms with van der Waals surface area (Å²) >= 11 is 5.46. The highest BCUT2D eigenvalue weighted by Gasteiger charge is 2.16. The van der Waals surface area contributed by atoms with Crippen molar-refractivity contribution in [2.75, 3.05) is 13.7 Å². The molecule has 0 unspecified atom stereocenters. The Morgan fingerprint density at radius 1 is 1.23 bits per heavy atom. The van der Waals surface area contributed by atoms with Crippen LogP contribution in [0, 0.1) is 0 Å². The van der Waals surface area contributed by atoms with Crippen molar-refractivity contribution in [2.45, 2.75) is 31.9 Å². The number of alkyl carbamates (subject to hydrolysis) is 1. The Morgan fingerprint density at radius 2 is 1.95 bits per heavy atom. The van der Waals surface area contributed by atoms with Crippen LogP contribution in [0.5, 0.6) is 0 Å². The lowest BCUT2D eigenvalue weighted by molar-refractivity contribution is -0.142. The number of amides is 1. The maximum atomic E-state index is 11.5. The minimum Gasteiger partial charge on any atom is -0.468 e. The Morgan fingerprint density at radius 3 is 2.59 bits per heavy atom. The summed E-state index contributed by atoms with van der Waals surface area (Å²) in [6.07, 6.45) is 1.52. The highest BCUT2D eigenvalue weighted by Crippen LogP contribution is 2.04. The van der Waals surface area contributed by atoms with Gasteiger partial charge in [0.25, 0.3) is 0 Å². The van der Waals surface area contributed by atoms with E-state index >= 15 is 0 Å². The number of esters is 1. The molecule has 122 valence electrons. The van der Waals surface area contributed by atoms with E-state index in [1.807, 2.05) is 30.3 Å². The highest BCUT2D eigenvalue weighted by atomic mass is 35.5. The van der Waals surface area contributed by atoms with Crippen LogP contribution in [0.2, 0.25) is 0 Å². The molecule has 1 amide bonds. The van der Waals surface area contributed by atoms with Gasteiger partial charge in [0, 0.05) is 6.54 Å². The van der Waals surface area contributed by atoms with Gasteiger partial charge < -0.3 is 14.8 Å². The van der Waals surface area contributed by atoms with Crippen molar-refractivity contribution in [3.8, 4) is 0 Å². The molecule has 1 rings (SSSR count). The first-order valence-corrected chi connectivity index (χ1v) is 7.43. The van der Waals surface area contributed by atoms with Crippen LogP contribution in [0.25, 0.3) is 0 Å². The van der Waals surface area contributed by atoms with Gasteiger partial charge in [-0.1, -0.05) is 30.3 Å². The number of methoxy groups -OCH3 is 1. The molecule has 0 aliphatic rings. The number of nitrogens with one attached hydrogen (secondary N) is 2. The molecule has 0 saturated heterocycles. The fourth-order valence-electron chi connectivity index (χ4n) is 1.80. The van der Waals surface area contributed by atoms with Crippen LogP contribution in [-0.2, 0) is 20.9 Å². The smallest absolute Gasteiger partial charge is 0.407 e. The monoisotopic (exact) mass is 328 g/mol. The molecule has 2 N–H and O–H groups in total. The van der Waals surface area contributed by atoms with Crippen molar-refractivity contribution in [3.05, 3.63) is 35.9 Å². The minimum absolute atomic E-state index is 0.243. The molecule has 1 aromatic rings. The third-order valence-electron chi connectivity index (χ3n) is 3.02. The van der Waals surface area contributed by atoms with E-state index in [0.29, 0.717) is 19.4 Å². The second kappa shape index (κ2) is 10.9. The Hall–Kier alpha value is -1.79. The van der Waals surface area contributed by atoms with Gasteiger partial charge in [0.2, 0.25) is 0 Å². The summed E-state index contributed by atoms with van der Waals surface area (Å²) in [5, 5.41) is 2.66. The maximum Gasteiger partial charge on any atom is 0.407 e. The third kappa shape index (κ3) is 7.28. The molecule has 7 heteroatoms. The third-order valence-corrected chi connectivity index (χ3v) is 3.28. The van der Waals surface area contributed by atoms with E-state index in [9.17, 15) is 9.59 Å². The van der Waals surface area contributed by atoms with Crippen molar-refractivity contribution in [1.82, 2.24) is 10.2 Å². The van der Waals surface area contributed by atoms with Crippen LogP contribution >= 0.6 is 11.8 Å². The van der Waals surface area contributed by atoms with Crippen molar-refractivity contribution < 1.29 is 19.1 Å². The van der Waals surface area contributed by atoms with Crippen LogP contribution in [-0.4, -0.2) is 31.8 Å². The van der Waals surface area contributed by atoms with Gasteiger partial charge in [-0.25, -0.2) is 9.63 Å². The summed E-state index contributed by atoms with van der Waals surface area (Å²) in [6.45, 7) is 0.719. The number of hydrogen-bond acceptors (Lipinski definition) is 5. The summed E-state index contributed by atoms with van der Waals surface area (Å²) in [7, 11) is 1.31. The van der Waals surface area contributed by atoms with Gasteiger partial charge in [0.15, 0.2) is 0 Å². The van der Waals surface area contributed by atoms with Crippen LogP contribution in [0.1, 0.15) is 24.8 Å². The van der Waals surface area contributed by atoms with Crippen LogP contribution < -0.4 is 10.2 Å². The molecule has 6 nitrogen and oxygen atoms in total. The molecule has 1 atom stereocenters. The fraction of sp³-hybridized carbons (Fsp3) is 0.467. The fourth-order valence-corrected chi connectivity index (χ4v) is 2.00. The summed E-state index contributed by atoms with van der Waals surface area (Å²) in [5.41, 5.74) is 0.937. The largest absolute Gasteiger partial charge is 0.468 e. The number of carbonyl (C=O) groups is 2. The Kier molecular flexibility index (Phi) is 9.02. The zero-order valence-corrected chi connectivity index (χ0v) is 13.3. The van der Waals surface area contributed by atoms with Crippen molar-refractivity contribution >= 4 is 23.8 Å². The van der Waals surface area contributed by atoms with E-state index in [2.05, 4.69) is 14.9 Å². The Bertz CT molecular complexity index is 456. The normalized spacial score (nSPS) is 11.5. The second-order valence-electron chi connectivity index (χ2n) is 4.67. The number of carbonyl (C=O) groups excluding carboxylic acids is 2. The number of ether oxygens (including phenoxy) is 2. The molecule has 0 aliphatic carbocycles. The van der Waals surface area contributed by atoms with Crippen molar-refractivity contribution in [2.24, 2.45) is 0 Å². The number of hydrogen-bond donors (Lipinski definition) is 2. The molecular weight excluding hydrogens is 308 g/mol. The predicted molar refractivity (Wildman–Crippen MR) is 83.3 cm³/mol. The summed E-state index contributed by atoms with van der Waals surface area (Å²) in [6, 6.07) is 8.93. The van der Waals surface area contributed by atoms with E-state index in [1.165, 1.54) is 7.11 Å². The van der Waals surface area contributed by atoms with Gasteiger partial charge in [-0.2, -0.15) is 0 Å². The van der Waals surface area contributed by atoms with E-state index < -0.39 is 18.1 Å². The topological polar surface area (TPSA) is 76.7 Å². The van der Waals surface area contributed by atoms with Gasteiger partial charge in [0.05, 0.1) is 7.11 Å². The first-order chi connectivity index (χ1) is 10.7. The Labute approximate surface area is 135 Å². The molecule has 0 bridgehead atoms. The van der Waals surface area contributed by atoms with E-state index in [1.54, 1.807) is 0 Å². The van der Waals surface area contributed by atoms with E-state index in [0.717, 1.165) is 12.0 Å². The van der Waals surface area contributed by atoms with E-state index in [4.69, 9.17) is 16.5 Å². The molecule has 0 spiro atoms. The average molecular weight is 329 g/mol. The van der Waals surface area contributed by atoms with Gasteiger partial charge in [0.1, 0.15) is 12.6 Å². The first kappa shape index (κ1) is 18.3. The van der Waals surface area contributed by atoms with Gasteiger partial charge in [-0.05, 0) is 36.6 Å². The second-order valence-corrected chi connectivity index (χ2v) is 4.89. The first-order valence-electron chi connectivity index (χ1n) is 7.06. The van der Waals surface area contributed by atoms with Crippen molar-refractivity contribution in [1.29, 1.82) is 0 Å². The molecule has 1 aromatic carbocycles. The molecule has 0 fully saturated rings. The zero-order valence-electron chi connectivity index (χ0n) is 12.5. The highest BCUT2D eigenvalue weighted by molar-refractivity contribution is 6.14. The maximum absolute atomic E-state index is 11.5. The van der Waals surface area contributed by atoms with Crippen LogP contribution in [0.15, 0.2) is 30.3 Å². The SMILES string of the molecule is COC(=O)[C@H](CCCCNC(=O)OCc1ccccc1)NCl. The molecule has 0 heterocycles. The Balaban J connectivity index is 2.09. The van der Waals surface area contributed by atoms with Crippen LogP contribution in [0.3, 0.4) is 0 Å². The number of unbranched alkanes of at least 4 members (excludes halogenated alkanes) is 1. The van der Waals surface area contributed by atoms with Gasteiger partial charge in [-0.3, -0.25) is 4.79 Å². The molecule has 0 saturated carbocycles. The molecule has 0 radical (unpaired) electrons. The average Bonchev–Trinajstić information content (AvgIpc) is 2.56. The summed E-state index contributed by atoms with van der Waals surface area (Å²) in [4.78, 5) is 25.1. The number of halogens is 1.